The van der Waals surface area contributed by atoms with E-state index in [9.17, 15) is 23.8 Å². The summed E-state index contributed by atoms with van der Waals surface area (Å²) in [5, 5.41) is 24.9. The van der Waals surface area contributed by atoms with Crippen molar-refractivity contribution in [3.63, 3.8) is 0 Å². The second-order valence-electron chi connectivity index (χ2n) is 8.06. The maximum atomic E-state index is 14.3. The average Bonchev–Trinajstić information content (AvgIpc) is 2.79. The highest BCUT2D eigenvalue weighted by Crippen LogP contribution is 2.25. The SMILES string of the molecule is NC(Cc1ccc(O)c(O)c1)NC(Cc1ccccc1F)NC(=O)C(N)Cc1ccccc1F. The first-order valence-corrected chi connectivity index (χ1v) is 10.8. The summed E-state index contributed by atoms with van der Waals surface area (Å²) in [5.74, 6) is -1.97. The molecule has 0 aliphatic heterocycles. The number of nitrogens with one attached hydrogen (secondary N) is 2. The smallest absolute Gasteiger partial charge is 0.238 e. The fourth-order valence-corrected chi connectivity index (χ4v) is 3.58. The first-order valence-electron chi connectivity index (χ1n) is 10.8. The zero-order valence-corrected chi connectivity index (χ0v) is 18.4. The van der Waals surface area contributed by atoms with Gasteiger partial charge in [0.2, 0.25) is 5.91 Å². The van der Waals surface area contributed by atoms with Crippen molar-refractivity contribution >= 4 is 5.91 Å². The number of benzene rings is 3. The monoisotopic (exact) mass is 470 g/mol. The van der Waals surface area contributed by atoms with Crippen molar-refractivity contribution in [1.29, 1.82) is 0 Å². The summed E-state index contributed by atoms with van der Waals surface area (Å²) in [6.45, 7) is 0. The van der Waals surface area contributed by atoms with E-state index in [2.05, 4.69) is 10.6 Å². The summed E-state index contributed by atoms with van der Waals surface area (Å²) in [4.78, 5) is 12.8. The van der Waals surface area contributed by atoms with Gasteiger partial charge < -0.3 is 27.0 Å². The van der Waals surface area contributed by atoms with Crippen molar-refractivity contribution in [2.75, 3.05) is 0 Å². The van der Waals surface area contributed by atoms with E-state index in [0.29, 0.717) is 16.7 Å². The molecule has 0 spiro atoms. The third kappa shape index (κ3) is 6.98. The Kier molecular flexibility index (Phi) is 8.53. The lowest BCUT2D eigenvalue weighted by atomic mass is 10.0. The van der Waals surface area contributed by atoms with Crippen molar-refractivity contribution in [3.05, 3.63) is 95.1 Å². The Hall–Kier alpha value is -3.53. The summed E-state index contributed by atoms with van der Waals surface area (Å²) in [6, 6.07) is 15.5. The summed E-state index contributed by atoms with van der Waals surface area (Å²) >= 11 is 0. The number of phenols is 2. The van der Waals surface area contributed by atoms with Gasteiger partial charge in [-0.1, -0.05) is 42.5 Å². The van der Waals surface area contributed by atoms with Gasteiger partial charge in [-0.25, -0.2) is 8.78 Å². The van der Waals surface area contributed by atoms with Gasteiger partial charge in [0.25, 0.3) is 0 Å². The van der Waals surface area contributed by atoms with Crippen LogP contribution in [0.4, 0.5) is 8.78 Å². The lowest BCUT2D eigenvalue weighted by molar-refractivity contribution is -0.123. The molecule has 1 amide bonds. The van der Waals surface area contributed by atoms with E-state index in [1.165, 1.54) is 24.3 Å². The molecule has 0 saturated heterocycles. The van der Waals surface area contributed by atoms with Gasteiger partial charge in [-0.05, 0) is 47.4 Å². The number of amides is 1. The molecule has 9 heteroatoms. The van der Waals surface area contributed by atoms with Gasteiger partial charge in [0, 0.05) is 12.8 Å². The number of halogens is 2. The highest BCUT2D eigenvalue weighted by atomic mass is 19.1. The van der Waals surface area contributed by atoms with E-state index < -0.39 is 35.9 Å². The molecule has 0 fully saturated rings. The van der Waals surface area contributed by atoms with Gasteiger partial charge in [-0.3, -0.25) is 10.1 Å². The lowest BCUT2D eigenvalue weighted by Gasteiger charge is -2.26. The summed E-state index contributed by atoms with van der Waals surface area (Å²) in [7, 11) is 0. The standard InChI is InChI=1S/C25H28F2N4O3/c26-18-7-3-1-5-16(18)13-20(28)25(34)31-24(14-17-6-2-4-8-19(17)27)30-23(29)12-15-9-10-21(32)22(33)11-15/h1-11,20,23-24,30,32-33H,12-14,28-29H2,(H,31,34). The molecule has 34 heavy (non-hydrogen) atoms. The Morgan fingerprint density at radius 2 is 1.41 bits per heavy atom. The topological polar surface area (TPSA) is 134 Å². The highest BCUT2D eigenvalue weighted by Gasteiger charge is 2.22. The van der Waals surface area contributed by atoms with Gasteiger partial charge in [-0.2, -0.15) is 0 Å². The van der Waals surface area contributed by atoms with E-state index in [1.807, 2.05) is 0 Å². The molecule has 0 heterocycles. The third-order valence-corrected chi connectivity index (χ3v) is 5.34. The molecule has 3 aromatic carbocycles. The Bertz CT molecular complexity index is 1130. The number of hydrogen-bond donors (Lipinski definition) is 6. The van der Waals surface area contributed by atoms with Crippen LogP contribution in [0, 0.1) is 11.6 Å². The zero-order valence-electron chi connectivity index (χ0n) is 18.4. The van der Waals surface area contributed by atoms with Crippen LogP contribution in [0.15, 0.2) is 66.7 Å². The van der Waals surface area contributed by atoms with Gasteiger partial charge in [0.1, 0.15) is 11.6 Å². The van der Waals surface area contributed by atoms with E-state index in [4.69, 9.17) is 11.5 Å². The molecular formula is C25H28F2N4O3. The predicted octanol–water partition coefficient (Wildman–Crippen LogP) is 2.05. The maximum Gasteiger partial charge on any atom is 0.238 e. The lowest BCUT2D eigenvalue weighted by Crippen LogP contribution is -2.57. The number of carbonyl (C=O) groups is 1. The number of carbonyl (C=O) groups excluding carboxylic acids is 1. The van der Waals surface area contributed by atoms with E-state index in [0.717, 1.165) is 0 Å². The molecule has 3 rings (SSSR count). The van der Waals surface area contributed by atoms with Crippen molar-refractivity contribution in [3.8, 4) is 11.5 Å². The van der Waals surface area contributed by atoms with Gasteiger partial charge in [0.15, 0.2) is 11.5 Å². The van der Waals surface area contributed by atoms with E-state index >= 15 is 0 Å². The molecule has 3 aromatic rings. The fourth-order valence-electron chi connectivity index (χ4n) is 3.58. The Morgan fingerprint density at radius 3 is 2.00 bits per heavy atom. The van der Waals surface area contributed by atoms with Gasteiger partial charge in [0.05, 0.1) is 18.4 Å². The first kappa shape index (κ1) is 25.1. The fraction of sp³-hybridized carbons (Fsp3) is 0.240. The zero-order chi connectivity index (χ0) is 24.7. The maximum absolute atomic E-state index is 14.3. The molecule has 0 aliphatic carbocycles. The Balaban J connectivity index is 1.70. The van der Waals surface area contributed by atoms with Crippen molar-refractivity contribution in [1.82, 2.24) is 10.6 Å². The molecule has 7 nitrogen and oxygen atoms in total. The second-order valence-corrected chi connectivity index (χ2v) is 8.06. The Labute approximate surface area is 196 Å². The summed E-state index contributed by atoms with van der Waals surface area (Å²) in [5.41, 5.74) is 13.5. The number of rotatable bonds is 10. The number of phenolic OH excluding ortho intramolecular Hbond substituents is 2. The van der Waals surface area contributed by atoms with Gasteiger partial charge >= 0.3 is 0 Å². The normalized spacial score (nSPS) is 13.8. The van der Waals surface area contributed by atoms with Crippen LogP contribution in [-0.4, -0.2) is 34.5 Å². The summed E-state index contributed by atoms with van der Waals surface area (Å²) in [6.07, 6.45) is -1.15. The number of aromatic hydroxyl groups is 2. The van der Waals surface area contributed by atoms with Crippen LogP contribution in [0.2, 0.25) is 0 Å². The van der Waals surface area contributed by atoms with Gasteiger partial charge in [-0.15, -0.1) is 0 Å². The van der Waals surface area contributed by atoms with Crippen LogP contribution in [0.1, 0.15) is 16.7 Å². The van der Waals surface area contributed by atoms with E-state index in [1.54, 1.807) is 42.5 Å². The minimum Gasteiger partial charge on any atom is -0.504 e. The average molecular weight is 471 g/mol. The van der Waals surface area contributed by atoms with E-state index in [-0.39, 0.29) is 30.8 Å². The molecule has 0 aliphatic rings. The van der Waals surface area contributed by atoms with Crippen molar-refractivity contribution in [2.24, 2.45) is 11.5 Å². The molecule has 0 bridgehead atoms. The molecule has 3 atom stereocenters. The van der Waals surface area contributed by atoms with Crippen LogP contribution in [0.25, 0.3) is 0 Å². The van der Waals surface area contributed by atoms with Crippen LogP contribution in [0.5, 0.6) is 11.5 Å². The van der Waals surface area contributed by atoms with Crippen molar-refractivity contribution in [2.45, 2.75) is 37.6 Å². The minimum absolute atomic E-state index is 0.0102. The van der Waals surface area contributed by atoms with Crippen LogP contribution < -0.4 is 22.1 Å². The minimum atomic E-state index is -1.04. The molecular weight excluding hydrogens is 442 g/mol. The Morgan fingerprint density at radius 1 is 0.824 bits per heavy atom. The summed E-state index contributed by atoms with van der Waals surface area (Å²) < 4.78 is 28.2. The molecule has 0 radical (unpaired) electrons. The predicted molar refractivity (Wildman–Crippen MR) is 125 cm³/mol. The molecule has 0 saturated carbocycles. The molecule has 8 N–H and O–H groups in total. The highest BCUT2D eigenvalue weighted by molar-refractivity contribution is 5.82. The van der Waals surface area contributed by atoms with Crippen LogP contribution in [0.3, 0.4) is 0 Å². The largest absolute Gasteiger partial charge is 0.504 e. The third-order valence-electron chi connectivity index (χ3n) is 5.34. The molecule has 180 valence electrons. The first-order chi connectivity index (χ1) is 16.2. The van der Waals surface area contributed by atoms with Crippen LogP contribution in [-0.2, 0) is 24.1 Å². The quantitative estimate of drug-likeness (QED) is 0.198. The van der Waals surface area contributed by atoms with Crippen LogP contribution >= 0.6 is 0 Å². The number of nitrogens with two attached hydrogens (primary N) is 2. The number of hydrogen-bond acceptors (Lipinski definition) is 6. The van der Waals surface area contributed by atoms with Crippen molar-refractivity contribution < 1.29 is 23.8 Å². The molecule has 0 aromatic heterocycles. The second kappa shape index (κ2) is 11.6. The molecule has 3 unspecified atom stereocenters.